The number of ether oxygens (including phenoxy) is 1. The van der Waals surface area contributed by atoms with Gasteiger partial charge in [0, 0.05) is 23.1 Å². The number of aryl methyl sites for hydroxylation is 1. The van der Waals surface area contributed by atoms with Crippen LogP contribution in [-0.4, -0.2) is 30.8 Å². The zero-order chi connectivity index (χ0) is 22.0. The first-order valence-corrected chi connectivity index (χ1v) is 10.8. The van der Waals surface area contributed by atoms with Gasteiger partial charge in [-0.25, -0.2) is 13.4 Å². The Labute approximate surface area is 179 Å². The molecule has 0 aliphatic heterocycles. The second-order valence-corrected chi connectivity index (χ2v) is 8.56. The normalized spacial score (nSPS) is 11.3. The summed E-state index contributed by atoms with van der Waals surface area (Å²) in [7, 11) is -2.32. The minimum atomic E-state index is -3.86. The molecule has 0 unspecified atom stereocenters. The maximum absolute atomic E-state index is 12.9. The van der Waals surface area contributed by atoms with Gasteiger partial charge in [0.05, 0.1) is 30.0 Å². The molecule has 2 aromatic heterocycles. The minimum Gasteiger partial charge on any atom is -0.497 e. The summed E-state index contributed by atoms with van der Waals surface area (Å²) in [5.41, 5.74) is 2.56. The van der Waals surface area contributed by atoms with Crippen molar-refractivity contribution in [3.05, 3.63) is 84.4 Å². The third-order valence-electron chi connectivity index (χ3n) is 4.75. The number of methoxy groups -OCH3 is 1. The first kappa shape index (κ1) is 20.4. The van der Waals surface area contributed by atoms with Crippen molar-refractivity contribution in [2.45, 2.75) is 11.8 Å². The summed E-state index contributed by atoms with van der Waals surface area (Å²) in [6, 6.07) is 14.7. The number of nitrogens with zero attached hydrogens (tertiary/aromatic N) is 2. The molecule has 9 heteroatoms. The van der Waals surface area contributed by atoms with Gasteiger partial charge in [-0.2, -0.15) is 0 Å². The van der Waals surface area contributed by atoms with E-state index >= 15 is 0 Å². The highest BCUT2D eigenvalue weighted by Gasteiger charge is 2.18. The second kappa shape index (κ2) is 8.11. The molecule has 0 radical (unpaired) electrons. The van der Waals surface area contributed by atoms with Gasteiger partial charge in [-0.1, -0.05) is 6.07 Å². The molecule has 1 amide bonds. The van der Waals surface area contributed by atoms with Crippen LogP contribution in [0, 0.1) is 6.92 Å². The molecule has 158 valence electrons. The Bertz CT molecular complexity index is 1360. The van der Waals surface area contributed by atoms with Crippen LogP contribution in [0.4, 0.5) is 11.4 Å². The molecule has 0 atom stereocenters. The molecule has 8 nitrogen and oxygen atoms in total. The third kappa shape index (κ3) is 4.36. The van der Waals surface area contributed by atoms with Crippen LogP contribution in [0.5, 0.6) is 5.75 Å². The molecule has 0 spiro atoms. The minimum absolute atomic E-state index is 0.0763. The van der Waals surface area contributed by atoms with E-state index in [1.165, 1.54) is 13.2 Å². The second-order valence-electron chi connectivity index (χ2n) is 6.91. The number of anilines is 2. The van der Waals surface area contributed by atoms with E-state index in [2.05, 4.69) is 15.0 Å². The number of amides is 1. The monoisotopic (exact) mass is 436 g/mol. The lowest BCUT2D eigenvalue weighted by Crippen LogP contribution is -2.16. The highest BCUT2D eigenvalue weighted by atomic mass is 32.2. The number of carbonyl (C=O) groups is 1. The number of benzene rings is 2. The molecule has 31 heavy (non-hydrogen) atoms. The van der Waals surface area contributed by atoms with Gasteiger partial charge in [-0.05, 0) is 61.0 Å². The summed E-state index contributed by atoms with van der Waals surface area (Å²) in [5.74, 6) is 0.275. The molecule has 0 bridgehead atoms. The van der Waals surface area contributed by atoms with Crippen LogP contribution < -0.4 is 14.8 Å². The summed E-state index contributed by atoms with van der Waals surface area (Å²) in [6.07, 6.45) is 5.03. The SMILES string of the molecule is COc1ccc(NS(=O)(=O)c2cc(NC(=O)c3ccn4cncc4c3)ccc2C)cc1. The smallest absolute Gasteiger partial charge is 0.262 e. The van der Waals surface area contributed by atoms with Crippen LogP contribution in [0.15, 0.2) is 78.2 Å². The topological polar surface area (TPSA) is 102 Å². The third-order valence-corrected chi connectivity index (χ3v) is 6.28. The van der Waals surface area contributed by atoms with E-state index in [1.807, 2.05) is 0 Å². The Kier molecular flexibility index (Phi) is 5.35. The van der Waals surface area contributed by atoms with Crippen molar-refractivity contribution >= 4 is 32.8 Å². The molecule has 0 aliphatic rings. The molecule has 0 fully saturated rings. The summed E-state index contributed by atoms with van der Waals surface area (Å²) in [5, 5.41) is 2.76. The number of nitrogens with one attached hydrogen (secondary N) is 2. The molecule has 2 aromatic carbocycles. The standard InChI is InChI=1S/C22H20N4O4S/c1-15-3-4-18(24-22(27)16-9-10-26-14-23-13-19(26)11-16)12-21(15)31(28,29)25-17-5-7-20(30-2)8-6-17/h3-14,25H,1-2H3,(H,24,27). The largest absolute Gasteiger partial charge is 0.497 e. The molecule has 4 aromatic rings. The fourth-order valence-corrected chi connectivity index (χ4v) is 4.43. The van der Waals surface area contributed by atoms with E-state index in [9.17, 15) is 13.2 Å². The molecular formula is C22H20N4O4S. The van der Waals surface area contributed by atoms with E-state index in [4.69, 9.17) is 4.74 Å². The molecule has 0 saturated heterocycles. The first-order chi connectivity index (χ1) is 14.9. The van der Waals surface area contributed by atoms with Gasteiger partial charge < -0.3 is 14.5 Å². The van der Waals surface area contributed by atoms with Gasteiger partial charge in [0.2, 0.25) is 0 Å². The van der Waals surface area contributed by atoms with E-state index in [1.54, 1.807) is 78.6 Å². The van der Waals surface area contributed by atoms with Gasteiger partial charge in [-0.3, -0.25) is 9.52 Å². The molecule has 4 rings (SSSR count). The van der Waals surface area contributed by atoms with Crippen LogP contribution in [0.1, 0.15) is 15.9 Å². The van der Waals surface area contributed by atoms with Gasteiger partial charge in [0.15, 0.2) is 0 Å². The van der Waals surface area contributed by atoms with E-state index in [0.717, 1.165) is 5.52 Å². The van der Waals surface area contributed by atoms with Crippen molar-refractivity contribution in [3.63, 3.8) is 0 Å². The molecule has 0 saturated carbocycles. The number of fused-ring (bicyclic) bond motifs is 1. The van der Waals surface area contributed by atoms with E-state index < -0.39 is 10.0 Å². The van der Waals surface area contributed by atoms with Crippen LogP contribution >= 0.6 is 0 Å². The Morgan fingerprint density at radius 2 is 1.77 bits per heavy atom. The molecule has 2 heterocycles. The number of hydrogen-bond acceptors (Lipinski definition) is 5. The average Bonchev–Trinajstić information content (AvgIpc) is 3.23. The average molecular weight is 436 g/mol. The number of pyridine rings is 1. The zero-order valence-corrected chi connectivity index (χ0v) is 17.7. The molecule has 2 N–H and O–H groups in total. The Morgan fingerprint density at radius 3 is 2.52 bits per heavy atom. The number of carbonyl (C=O) groups excluding carboxylic acids is 1. The van der Waals surface area contributed by atoms with Crippen molar-refractivity contribution in [1.29, 1.82) is 0 Å². The Balaban J connectivity index is 1.57. The van der Waals surface area contributed by atoms with Crippen molar-refractivity contribution in [1.82, 2.24) is 9.38 Å². The van der Waals surface area contributed by atoms with Gasteiger partial charge in [0.1, 0.15) is 5.75 Å². The summed E-state index contributed by atoms with van der Waals surface area (Å²) >= 11 is 0. The summed E-state index contributed by atoms with van der Waals surface area (Å²) in [4.78, 5) is 16.8. The van der Waals surface area contributed by atoms with Crippen LogP contribution in [0.3, 0.4) is 0 Å². The fourth-order valence-electron chi connectivity index (χ4n) is 3.10. The predicted molar refractivity (Wildman–Crippen MR) is 118 cm³/mol. The van der Waals surface area contributed by atoms with Crippen molar-refractivity contribution in [3.8, 4) is 5.75 Å². The number of imidazole rings is 1. The van der Waals surface area contributed by atoms with Gasteiger partial charge in [-0.15, -0.1) is 0 Å². The number of hydrogen-bond donors (Lipinski definition) is 2. The Hall–Kier alpha value is -3.85. The summed E-state index contributed by atoms with van der Waals surface area (Å²) in [6.45, 7) is 1.70. The molecular weight excluding hydrogens is 416 g/mol. The molecule has 0 aliphatic carbocycles. The predicted octanol–water partition coefficient (Wildman–Crippen LogP) is 3.70. The van der Waals surface area contributed by atoms with Gasteiger partial charge >= 0.3 is 0 Å². The maximum Gasteiger partial charge on any atom is 0.262 e. The first-order valence-electron chi connectivity index (χ1n) is 9.36. The number of rotatable bonds is 6. The highest BCUT2D eigenvalue weighted by Crippen LogP contribution is 2.24. The quantitative estimate of drug-likeness (QED) is 0.480. The lowest BCUT2D eigenvalue weighted by atomic mass is 10.2. The van der Waals surface area contributed by atoms with Crippen LogP contribution in [0.2, 0.25) is 0 Å². The lowest BCUT2D eigenvalue weighted by Gasteiger charge is -2.13. The fraction of sp³-hybridized carbons (Fsp3) is 0.0909. The van der Waals surface area contributed by atoms with Crippen molar-refractivity contribution in [2.24, 2.45) is 0 Å². The van der Waals surface area contributed by atoms with Crippen molar-refractivity contribution < 1.29 is 17.9 Å². The Morgan fingerprint density at radius 1 is 1.03 bits per heavy atom. The van der Waals surface area contributed by atoms with Gasteiger partial charge in [0.25, 0.3) is 15.9 Å². The van der Waals surface area contributed by atoms with E-state index in [0.29, 0.717) is 28.3 Å². The van der Waals surface area contributed by atoms with Crippen molar-refractivity contribution in [2.75, 3.05) is 17.1 Å². The van der Waals surface area contributed by atoms with E-state index in [-0.39, 0.29) is 10.8 Å². The lowest BCUT2D eigenvalue weighted by molar-refractivity contribution is 0.102. The number of aromatic nitrogens is 2. The maximum atomic E-state index is 12.9. The zero-order valence-electron chi connectivity index (χ0n) is 16.9. The number of sulfonamides is 1. The van der Waals surface area contributed by atoms with Crippen LogP contribution in [0.25, 0.3) is 5.52 Å². The summed E-state index contributed by atoms with van der Waals surface area (Å²) < 4.78 is 35.3. The highest BCUT2D eigenvalue weighted by molar-refractivity contribution is 7.92. The van der Waals surface area contributed by atoms with Crippen LogP contribution in [-0.2, 0) is 10.0 Å².